The van der Waals surface area contributed by atoms with E-state index in [2.05, 4.69) is 42.7 Å². The minimum Gasteiger partial charge on any atom is -0.387 e. The first-order chi connectivity index (χ1) is 8.58. The molecular formula is C16H21NO. The van der Waals surface area contributed by atoms with Gasteiger partial charge in [0.15, 0.2) is 0 Å². The number of aromatic nitrogens is 1. The van der Waals surface area contributed by atoms with Crippen molar-refractivity contribution >= 4 is 0 Å². The fourth-order valence-corrected chi connectivity index (χ4v) is 2.16. The van der Waals surface area contributed by atoms with Gasteiger partial charge < -0.3 is 9.67 Å². The molecule has 1 unspecified atom stereocenters. The van der Waals surface area contributed by atoms with Gasteiger partial charge >= 0.3 is 0 Å². The summed E-state index contributed by atoms with van der Waals surface area (Å²) < 4.78 is 2.09. The van der Waals surface area contributed by atoms with Crippen molar-refractivity contribution < 1.29 is 5.11 Å². The zero-order chi connectivity index (χ0) is 13.1. The molecule has 96 valence electrons. The van der Waals surface area contributed by atoms with Gasteiger partial charge in [-0.15, -0.1) is 0 Å². The molecule has 0 bridgehead atoms. The van der Waals surface area contributed by atoms with Crippen molar-refractivity contribution in [2.45, 2.75) is 39.3 Å². The molecule has 18 heavy (non-hydrogen) atoms. The lowest BCUT2D eigenvalue weighted by Gasteiger charge is -2.12. The third-order valence-electron chi connectivity index (χ3n) is 3.29. The van der Waals surface area contributed by atoms with Crippen LogP contribution in [0.15, 0.2) is 42.6 Å². The summed E-state index contributed by atoms with van der Waals surface area (Å²) in [6, 6.07) is 12.6. The lowest BCUT2D eigenvalue weighted by atomic mass is 10.0. The molecule has 2 heteroatoms. The van der Waals surface area contributed by atoms with Crippen LogP contribution in [0.3, 0.4) is 0 Å². The molecule has 0 fully saturated rings. The average Bonchev–Trinajstić information content (AvgIpc) is 2.78. The number of hydrogen-bond donors (Lipinski definition) is 1. The number of benzene rings is 1. The Kier molecular flexibility index (Phi) is 3.87. The Balaban J connectivity index is 2.16. The molecule has 0 amide bonds. The summed E-state index contributed by atoms with van der Waals surface area (Å²) in [5, 5.41) is 9.67. The van der Waals surface area contributed by atoms with Crippen molar-refractivity contribution in [1.82, 2.24) is 4.57 Å². The second-order valence-corrected chi connectivity index (χ2v) is 5.13. The summed E-state index contributed by atoms with van der Waals surface area (Å²) in [4.78, 5) is 0. The molecule has 0 aliphatic carbocycles. The molecule has 0 spiro atoms. The van der Waals surface area contributed by atoms with E-state index < -0.39 is 6.10 Å². The summed E-state index contributed by atoms with van der Waals surface area (Å²) in [5.41, 5.74) is 3.59. The molecule has 0 aliphatic heterocycles. The van der Waals surface area contributed by atoms with Crippen molar-refractivity contribution in [2.24, 2.45) is 0 Å². The average molecular weight is 243 g/mol. The van der Waals surface area contributed by atoms with Crippen molar-refractivity contribution in [3.63, 3.8) is 0 Å². The van der Waals surface area contributed by atoms with Crippen LogP contribution in [0, 0.1) is 0 Å². The van der Waals surface area contributed by atoms with Crippen LogP contribution >= 0.6 is 0 Å². The van der Waals surface area contributed by atoms with Gasteiger partial charge in [-0.1, -0.05) is 38.1 Å². The normalized spacial score (nSPS) is 12.9. The summed E-state index contributed by atoms with van der Waals surface area (Å²) in [7, 11) is 0. The quantitative estimate of drug-likeness (QED) is 0.870. The van der Waals surface area contributed by atoms with Gasteiger partial charge in [-0.05, 0) is 36.1 Å². The van der Waals surface area contributed by atoms with Crippen molar-refractivity contribution in [3.05, 3.63) is 59.4 Å². The number of nitrogens with zero attached hydrogens (tertiary/aromatic N) is 1. The second-order valence-electron chi connectivity index (χ2n) is 5.13. The van der Waals surface area contributed by atoms with Gasteiger partial charge in [0, 0.05) is 18.4 Å². The molecule has 1 N–H and O–H groups in total. The smallest absolute Gasteiger partial charge is 0.0911 e. The minimum absolute atomic E-state index is 0.421. The molecule has 1 heterocycles. The number of rotatable bonds is 4. The van der Waals surface area contributed by atoms with E-state index in [1.54, 1.807) is 6.92 Å². The first-order valence-corrected chi connectivity index (χ1v) is 6.50. The van der Waals surface area contributed by atoms with Gasteiger partial charge in [-0.3, -0.25) is 0 Å². The van der Waals surface area contributed by atoms with Gasteiger partial charge in [-0.25, -0.2) is 0 Å². The molecule has 1 atom stereocenters. The Labute approximate surface area is 109 Å². The summed E-state index contributed by atoms with van der Waals surface area (Å²) >= 11 is 0. The maximum absolute atomic E-state index is 9.67. The number of aliphatic hydroxyl groups excluding tert-OH is 1. The first-order valence-electron chi connectivity index (χ1n) is 6.50. The molecule has 2 aromatic rings. The minimum atomic E-state index is -0.421. The Morgan fingerprint density at radius 1 is 1.06 bits per heavy atom. The fourth-order valence-electron chi connectivity index (χ4n) is 2.16. The zero-order valence-corrected chi connectivity index (χ0v) is 11.3. The van der Waals surface area contributed by atoms with Gasteiger partial charge in [0.05, 0.1) is 6.10 Å². The van der Waals surface area contributed by atoms with Crippen molar-refractivity contribution in [2.75, 3.05) is 0 Å². The molecule has 2 rings (SSSR count). The third kappa shape index (κ3) is 2.82. The van der Waals surface area contributed by atoms with Crippen molar-refractivity contribution in [1.29, 1.82) is 0 Å². The van der Waals surface area contributed by atoms with E-state index >= 15 is 0 Å². The largest absolute Gasteiger partial charge is 0.387 e. The van der Waals surface area contributed by atoms with E-state index in [-0.39, 0.29) is 0 Å². The summed E-state index contributed by atoms with van der Waals surface area (Å²) in [5.74, 6) is 0.568. The second kappa shape index (κ2) is 5.40. The van der Waals surface area contributed by atoms with Gasteiger partial charge in [-0.2, -0.15) is 0 Å². The molecular weight excluding hydrogens is 222 g/mol. The SMILES string of the molecule is CC(C)c1ccc(Cn2cccc2C(C)O)cc1. The molecule has 0 saturated carbocycles. The van der Waals surface area contributed by atoms with Crippen LogP contribution < -0.4 is 0 Å². The van der Waals surface area contributed by atoms with E-state index in [1.165, 1.54) is 11.1 Å². The van der Waals surface area contributed by atoms with E-state index in [4.69, 9.17) is 0 Å². The van der Waals surface area contributed by atoms with Gasteiger partial charge in [0.1, 0.15) is 0 Å². The van der Waals surface area contributed by atoms with Crippen LogP contribution in [0.2, 0.25) is 0 Å². The van der Waals surface area contributed by atoms with Crippen LogP contribution in [0.4, 0.5) is 0 Å². The zero-order valence-electron chi connectivity index (χ0n) is 11.3. The van der Waals surface area contributed by atoms with Crippen LogP contribution in [0.5, 0.6) is 0 Å². The molecule has 0 saturated heterocycles. The molecule has 2 nitrogen and oxygen atoms in total. The molecule has 0 aliphatic rings. The third-order valence-corrected chi connectivity index (χ3v) is 3.29. The van der Waals surface area contributed by atoms with Crippen LogP contribution in [-0.2, 0) is 6.54 Å². The van der Waals surface area contributed by atoms with Crippen LogP contribution in [0.25, 0.3) is 0 Å². The first kappa shape index (κ1) is 12.9. The Morgan fingerprint density at radius 2 is 1.72 bits per heavy atom. The fraction of sp³-hybridized carbons (Fsp3) is 0.375. The van der Waals surface area contributed by atoms with Gasteiger partial charge in [0.25, 0.3) is 0 Å². The monoisotopic (exact) mass is 243 g/mol. The number of aliphatic hydroxyl groups is 1. The van der Waals surface area contributed by atoms with Crippen LogP contribution in [-0.4, -0.2) is 9.67 Å². The topological polar surface area (TPSA) is 25.2 Å². The number of hydrogen-bond acceptors (Lipinski definition) is 1. The highest BCUT2D eigenvalue weighted by atomic mass is 16.3. The predicted molar refractivity (Wildman–Crippen MR) is 74.7 cm³/mol. The Morgan fingerprint density at radius 3 is 2.28 bits per heavy atom. The summed E-state index contributed by atoms with van der Waals surface area (Å²) in [6.07, 6.45) is 1.59. The highest BCUT2D eigenvalue weighted by molar-refractivity contribution is 5.25. The lowest BCUT2D eigenvalue weighted by Crippen LogP contribution is -2.05. The van der Waals surface area contributed by atoms with Gasteiger partial charge in [0.2, 0.25) is 0 Å². The maximum atomic E-state index is 9.67. The molecule has 1 aromatic heterocycles. The Hall–Kier alpha value is -1.54. The standard InChI is InChI=1S/C16H21NO/c1-12(2)15-8-6-14(7-9-15)11-17-10-4-5-16(17)13(3)18/h4-10,12-13,18H,11H2,1-3H3. The lowest BCUT2D eigenvalue weighted by molar-refractivity contribution is 0.190. The Bertz CT molecular complexity index is 494. The molecule has 1 aromatic carbocycles. The molecule has 0 radical (unpaired) electrons. The highest BCUT2D eigenvalue weighted by Crippen LogP contribution is 2.18. The van der Waals surface area contributed by atoms with E-state index in [0.29, 0.717) is 5.92 Å². The highest BCUT2D eigenvalue weighted by Gasteiger charge is 2.07. The van der Waals surface area contributed by atoms with E-state index in [9.17, 15) is 5.11 Å². The maximum Gasteiger partial charge on any atom is 0.0911 e. The van der Waals surface area contributed by atoms with Crippen molar-refractivity contribution in [3.8, 4) is 0 Å². The van der Waals surface area contributed by atoms with Crippen LogP contribution in [0.1, 0.15) is 49.6 Å². The van der Waals surface area contributed by atoms with E-state index in [0.717, 1.165) is 12.2 Å². The van der Waals surface area contributed by atoms with E-state index in [1.807, 2.05) is 18.3 Å². The predicted octanol–water partition coefficient (Wildman–Crippen LogP) is 3.71. The summed E-state index contributed by atoms with van der Waals surface area (Å²) in [6.45, 7) is 7.01.